The Hall–Kier alpha value is -0.500. The quantitative estimate of drug-likeness (QED) is 0.308. The Bertz CT molecular complexity index is 223. The van der Waals surface area contributed by atoms with E-state index in [0.717, 1.165) is 38.5 Å². The van der Waals surface area contributed by atoms with Crippen LogP contribution in [-0.2, 0) is 0 Å². The number of aliphatic hydroxyl groups is 2. The van der Waals surface area contributed by atoms with Crippen molar-refractivity contribution in [3.05, 3.63) is 11.8 Å². The van der Waals surface area contributed by atoms with Gasteiger partial charge in [-0.05, 0) is 38.2 Å². The van der Waals surface area contributed by atoms with Crippen molar-refractivity contribution in [1.29, 1.82) is 0 Å². The maximum absolute atomic E-state index is 9.66. The second-order valence-corrected chi connectivity index (χ2v) is 5.91. The summed E-state index contributed by atoms with van der Waals surface area (Å²) in [6, 6.07) is 0. The third-order valence-electron chi connectivity index (χ3n) is 3.88. The van der Waals surface area contributed by atoms with Crippen LogP contribution < -0.4 is 0 Å². The summed E-state index contributed by atoms with van der Waals surface area (Å²) in [6.07, 6.45) is 16.6. The van der Waals surface area contributed by atoms with Crippen LogP contribution in [0.3, 0.4) is 0 Å². The SMILES string of the molecule is CCCCC=C(O)CCCCCCCCCC(O)CC. The summed E-state index contributed by atoms with van der Waals surface area (Å²) in [6.45, 7) is 4.21. The average molecular weight is 284 g/mol. The minimum Gasteiger partial charge on any atom is -0.513 e. The van der Waals surface area contributed by atoms with Gasteiger partial charge in [0.15, 0.2) is 0 Å². The van der Waals surface area contributed by atoms with E-state index in [1.54, 1.807) is 0 Å². The number of rotatable bonds is 14. The normalized spacial score (nSPS) is 13.7. The summed E-state index contributed by atoms with van der Waals surface area (Å²) >= 11 is 0. The van der Waals surface area contributed by atoms with Gasteiger partial charge in [0.1, 0.15) is 0 Å². The predicted octanol–water partition coefficient (Wildman–Crippen LogP) is 5.90. The second-order valence-electron chi connectivity index (χ2n) is 5.91. The molecule has 0 heterocycles. The molecule has 0 fully saturated rings. The lowest BCUT2D eigenvalue weighted by molar-refractivity contribution is 0.156. The van der Waals surface area contributed by atoms with E-state index in [0.29, 0.717) is 5.76 Å². The molecule has 2 N–H and O–H groups in total. The molecule has 0 aliphatic rings. The molecule has 0 bridgehead atoms. The summed E-state index contributed by atoms with van der Waals surface area (Å²) in [5, 5.41) is 19.1. The lowest BCUT2D eigenvalue weighted by Crippen LogP contribution is -2.03. The van der Waals surface area contributed by atoms with Crippen molar-refractivity contribution in [2.24, 2.45) is 0 Å². The van der Waals surface area contributed by atoms with Gasteiger partial charge >= 0.3 is 0 Å². The van der Waals surface area contributed by atoms with E-state index < -0.39 is 0 Å². The fraction of sp³-hybridized carbons (Fsp3) is 0.889. The first-order chi connectivity index (χ1) is 9.70. The van der Waals surface area contributed by atoms with Gasteiger partial charge in [-0.3, -0.25) is 0 Å². The molecule has 120 valence electrons. The molecular formula is C18H36O2. The van der Waals surface area contributed by atoms with Crippen LogP contribution in [-0.4, -0.2) is 16.3 Å². The van der Waals surface area contributed by atoms with Gasteiger partial charge in [0.25, 0.3) is 0 Å². The molecule has 2 nitrogen and oxygen atoms in total. The van der Waals surface area contributed by atoms with Crippen LogP contribution in [0.5, 0.6) is 0 Å². The zero-order chi connectivity index (χ0) is 15.1. The summed E-state index contributed by atoms with van der Waals surface area (Å²) in [4.78, 5) is 0. The molecule has 1 unspecified atom stereocenters. The summed E-state index contributed by atoms with van der Waals surface area (Å²) in [7, 11) is 0. The van der Waals surface area contributed by atoms with Crippen LogP contribution in [0.2, 0.25) is 0 Å². The molecule has 0 saturated carbocycles. The Morgan fingerprint density at radius 3 is 2.10 bits per heavy atom. The molecule has 0 aliphatic carbocycles. The topological polar surface area (TPSA) is 40.5 Å². The van der Waals surface area contributed by atoms with Crippen LogP contribution in [0, 0.1) is 0 Å². The van der Waals surface area contributed by atoms with Crippen molar-refractivity contribution in [1.82, 2.24) is 0 Å². The molecule has 0 amide bonds. The number of hydrogen-bond donors (Lipinski definition) is 2. The van der Waals surface area contributed by atoms with Gasteiger partial charge < -0.3 is 10.2 Å². The van der Waals surface area contributed by atoms with Crippen molar-refractivity contribution in [2.75, 3.05) is 0 Å². The molecular weight excluding hydrogens is 248 g/mol. The number of unbranched alkanes of at least 4 members (excludes halogenated alkanes) is 8. The van der Waals surface area contributed by atoms with Gasteiger partial charge in [0, 0.05) is 6.42 Å². The van der Waals surface area contributed by atoms with Gasteiger partial charge in [-0.15, -0.1) is 0 Å². The smallest absolute Gasteiger partial charge is 0.0882 e. The maximum Gasteiger partial charge on any atom is 0.0882 e. The largest absolute Gasteiger partial charge is 0.513 e. The first-order valence-electron chi connectivity index (χ1n) is 8.76. The van der Waals surface area contributed by atoms with Crippen LogP contribution in [0.1, 0.15) is 97.3 Å². The van der Waals surface area contributed by atoms with Crippen molar-refractivity contribution in [3.8, 4) is 0 Å². The third kappa shape index (κ3) is 13.9. The van der Waals surface area contributed by atoms with Gasteiger partial charge in [-0.2, -0.15) is 0 Å². The van der Waals surface area contributed by atoms with Gasteiger partial charge in [-0.25, -0.2) is 0 Å². The number of aliphatic hydroxyl groups excluding tert-OH is 2. The van der Waals surface area contributed by atoms with Crippen LogP contribution in [0.25, 0.3) is 0 Å². The Labute approximate surface area is 126 Å². The molecule has 20 heavy (non-hydrogen) atoms. The average Bonchev–Trinajstić information content (AvgIpc) is 2.45. The number of allylic oxidation sites excluding steroid dienone is 2. The molecule has 0 aromatic heterocycles. The summed E-state index contributed by atoms with van der Waals surface area (Å²) in [5.74, 6) is 0.590. The fourth-order valence-electron chi connectivity index (χ4n) is 2.35. The molecule has 0 spiro atoms. The summed E-state index contributed by atoms with van der Waals surface area (Å²) < 4.78 is 0. The Balaban J connectivity index is 3.22. The third-order valence-corrected chi connectivity index (χ3v) is 3.88. The maximum atomic E-state index is 9.66. The van der Waals surface area contributed by atoms with Crippen molar-refractivity contribution < 1.29 is 10.2 Å². The number of hydrogen-bond acceptors (Lipinski definition) is 2. The highest BCUT2D eigenvalue weighted by Crippen LogP contribution is 2.13. The predicted molar refractivity (Wildman–Crippen MR) is 88.1 cm³/mol. The van der Waals surface area contributed by atoms with E-state index in [4.69, 9.17) is 0 Å². The van der Waals surface area contributed by atoms with Crippen LogP contribution >= 0.6 is 0 Å². The standard InChI is InChI=1S/C18H36O2/c1-3-5-11-15-18(20)16-13-10-8-6-7-9-12-14-17(19)4-2/h15,17,19-20H,3-14,16H2,1-2H3. The molecule has 0 rings (SSSR count). The van der Waals surface area contributed by atoms with E-state index in [9.17, 15) is 10.2 Å². The van der Waals surface area contributed by atoms with E-state index in [2.05, 4.69) is 6.92 Å². The Morgan fingerprint density at radius 1 is 0.900 bits per heavy atom. The zero-order valence-corrected chi connectivity index (χ0v) is 13.7. The summed E-state index contributed by atoms with van der Waals surface area (Å²) in [5.41, 5.74) is 0. The highest BCUT2D eigenvalue weighted by Gasteiger charge is 1.99. The molecule has 0 aromatic carbocycles. The molecule has 0 saturated heterocycles. The highest BCUT2D eigenvalue weighted by atomic mass is 16.3. The Kier molecular flexibility index (Phi) is 14.5. The molecule has 1 atom stereocenters. The van der Waals surface area contributed by atoms with Crippen molar-refractivity contribution in [2.45, 2.75) is 103 Å². The first-order valence-corrected chi connectivity index (χ1v) is 8.76. The van der Waals surface area contributed by atoms with E-state index >= 15 is 0 Å². The minimum absolute atomic E-state index is 0.0857. The lowest BCUT2D eigenvalue weighted by atomic mass is 10.0. The van der Waals surface area contributed by atoms with E-state index in [1.807, 2.05) is 13.0 Å². The minimum atomic E-state index is -0.0857. The van der Waals surface area contributed by atoms with Gasteiger partial charge in [0.2, 0.25) is 0 Å². The Morgan fingerprint density at radius 2 is 1.50 bits per heavy atom. The molecule has 2 heteroatoms. The van der Waals surface area contributed by atoms with E-state index in [1.165, 1.54) is 44.9 Å². The van der Waals surface area contributed by atoms with Crippen molar-refractivity contribution >= 4 is 0 Å². The van der Waals surface area contributed by atoms with E-state index in [-0.39, 0.29) is 6.10 Å². The van der Waals surface area contributed by atoms with Crippen LogP contribution in [0.4, 0.5) is 0 Å². The fourth-order valence-corrected chi connectivity index (χ4v) is 2.35. The molecule has 0 aliphatic heterocycles. The highest BCUT2D eigenvalue weighted by molar-refractivity contribution is 4.90. The molecule has 0 radical (unpaired) electrons. The van der Waals surface area contributed by atoms with Gasteiger partial charge in [-0.1, -0.05) is 58.8 Å². The van der Waals surface area contributed by atoms with Crippen LogP contribution in [0.15, 0.2) is 11.8 Å². The first kappa shape index (κ1) is 19.5. The monoisotopic (exact) mass is 284 g/mol. The van der Waals surface area contributed by atoms with Crippen molar-refractivity contribution in [3.63, 3.8) is 0 Å². The zero-order valence-electron chi connectivity index (χ0n) is 13.7. The van der Waals surface area contributed by atoms with Gasteiger partial charge in [0.05, 0.1) is 11.9 Å². The second kappa shape index (κ2) is 14.9. The lowest BCUT2D eigenvalue weighted by Gasteiger charge is -2.06. The molecule has 0 aromatic rings.